The fourth-order valence-corrected chi connectivity index (χ4v) is 1.72. The summed E-state index contributed by atoms with van der Waals surface area (Å²) in [6, 6.07) is 7.01. The second-order valence-corrected chi connectivity index (χ2v) is 4.90. The van der Waals surface area contributed by atoms with Crippen molar-refractivity contribution in [3.63, 3.8) is 0 Å². The van der Waals surface area contributed by atoms with E-state index < -0.39 is 0 Å². The van der Waals surface area contributed by atoms with Crippen LogP contribution in [0.4, 0.5) is 5.69 Å². The summed E-state index contributed by atoms with van der Waals surface area (Å²) in [6.45, 7) is 9.14. The Morgan fingerprint density at radius 3 is 1.89 bits per heavy atom. The van der Waals surface area contributed by atoms with Crippen molar-refractivity contribution in [3.8, 4) is 11.8 Å². The fourth-order valence-electron chi connectivity index (χ4n) is 1.72. The zero-order chi connectivity index (χ0) is 18.3. The van der Waals surface area contributed by atoms with Gasteiger partial charge in [0.1, 0.15) is 0 Å². The molecule has 0 unspecified atom stereocenters. The van der Waals surface area contributed by atoms with E-state index in [2.05, 4.69) is 14.8 Å². The number of nitrogens with zero attached hydrogens (tertiary/aromatic N) is 3. The zero-order valence-corrected chi connectivity index (χ0v) is 15.2. The topological polar surface area (TPSA) is 83.9 Å². The lowest BCUT2D eigenvalue weighted by atomic mass is 10.3. The van der Waals surface area contributed by atoms with Gasteiger partial charge in [0, 0.05) is 46.6 Å². The highest BCUT2D eigenvalue weighted by Gasteiger charge is 1.95. The Morgan fingerprint density at radius 1 is 1.04 bits per heavy atom. The van der Waals surface area contributed by atoms with Crippen molar-refractivity contribution in [2.75, 3.05) is 27.4 Å². The second-order valence-electron chi connectivity index (χ2n) is 4.90. The van der Waals surface area contributed by atoms with Crippen LogP contribution < -0.4 is 15.2 Å². The van der Waals surface area contributed by atoms with Crippen molar-refractivity contribution >= 4 is 14.1 Å². The number of hydrogen-bond donors (Lipinski definition) is 1. The smallest absolute Gasteiger partial charge is 0.212 e. The van der Waals surface area contributed by atoms with Gasteiger partial charge in [0.2, 0.25) is 17.4 Å². The highest BCUT2D eigenvalue weighted by molar-refractivity contribution is 5.75. The molecule has 0 aliphatic carbocycles. The molecule has 1 saturated heterocycles. The van der Waals surface area contributed by atoms with Crippen LogP contribution in [0.1, 0.15) is 25.8 Å². The van der Waals surface area contributed by atoms with E-state index in [1.165, 1.54) is 19.0 Å². The van der Waals surface area contributed by atoms with Gasteiger partial charge in [-0.3, -0.25) is 0 Å². The first-order chi connectivity index (χ1) is 12.2. The first-order valence-corrected chi connectivity index (χ1v) is 7.87. The molecule has 8 heteroatoms. The summed E-state index contributed by atoms with van der Waals surface area (Å²) in [7, 11) is 3.13. The predicted octanol–water partition coefficient (Wildman–Crippen LogP) is 3.24. The van der Waals surface area contributed by atoms with Gasteiger partial charge in [-0.1, -0.05) is 13.5 Å². The molecule has 0 bridgehead atoms. The quantitative estimate of drug-likeness (QED) is 0.659. The van der Waals surface area contributed by atoms with Gasteiger partial charge in [-0.15, -0.1) is 0 Å². The zero-order valence-electron chi connectivity index (χ0n) is 15.2. The molecule has 0 amide bonds. The molecule has 1 aliphatic rings. The van der Waals surface area contributed by atoms with E-state index in [1.807, 2.05) is 6.07 Å². The van der Waals surface area contributed by atoms with Crippen molar-refractivity contribution in [1.82, 2.24) is 9.97 Å². The molecular formula is C19H28BN4O3. The number of pyridine rings is 2. The molecule has 3 rings (SSSR count). The largest absolute Gasteiger partial charge is 0.481 e. The first kappa shape index (κ1) is 26.6. The highest BCUT2D eigenvalue weighted by atomic mass is 16.5. The van der Waals surface area contributed by atoms with Crippen LogP contribution in [0.2, 0.25) is 0 Å². The lowest BCUT2D eigenvalue weighted by Crippen LogP contribution is -1.97. The Morgan fingerprint density at radius 2 is 1.59 bits per heavy atom. The van der Waals surface area contributed by atoms with Crippen molar-refractivity contribution < 1.29 is 14.2 Å². The van der Waals surface area contributed by atoms with Crippen LogP contribution in [0, 0.1) is 6.57 Å². The maximum Gasteiger partial charge on any atom is 0.212 e. The van der Waals surface area contributed by atoms with Crippen LogP contribution in [0.15, 0.2) is 36.7 Å². The third kappa shape index (κ3) is 11.6. The Bertz CT molecular complexity index is 596. The molecule has 0 spiro atoms. The third-order valence-electron chi connectivity index (χ3n) is 3.13. The molecule has 27 heavy (non-hydrogen) atoms. The summed E-state index contributed by atoms with van der Waals surface area (Å²) < 4.78 is 14.6. The average molecular weight is 371 g/mol. The summed E-state index contributed by atoms with van der Waals surface area (Å²) in [5.74, 6) is 1.16. The minimum Gasteiger partial charge on any atom is -0.481 e. The van der Waals surface area contributed by atoms with Crippen LogP contribution in [0.3, 0.4) is 0 Å². The second kappa shape index (κ2) is 16.8. The molecule has 0 atom stereocenters. The monoisotopic (exact) mass is 371 g/mol. The van der Waals surface area contributed by atoms with E-state index in [9.17, 15) is 0 Å². The summed E-state index contributed by atoms with van der Waals surface area (Å²) in [6.07, 6.45) is 5.74. The Hall–Kier alpha value is -2.63. The SMILES string of the molecule is C.C1CCOC1.COc1ccc(CN)cn1.[B].[C-]#[N+]c1ccc(OC)nc1. The van der Waals surface area contributed by atoms with Gasteiger partial charge in [-0.05, 0) is 30.5 Å². The Balaban J connectivity index is 0. The van der Waals surface area contributed by atoms with E-state index in [0.717, 1.165) is 18.8 Å². The molecule has 2 aromatic rings. The van der Waals surface area contributed by atoms with E-state index in [0.29, 0.717) is 24.0 Å². The lowest BCUT2D eigenvalue weighted by Gasteiger charge is -1.98. The third-order valence-corrected chi connectivity index (χ3v) is 3.13. The van der Waals surface area contributed by atoms with Crippen LogP contribution in [0.25, 0.3) is 4.85 Å². The van der Waals surface area contributed by atoms with Crippen molar-refractivity contribution in [2.24, 2.45) is 5.73 Å². The maximum atomic E-state index is 6.62. The maximum absolute atomic E-state index is 6.62. The summed E-state index contributed by atoms with van der Waals surface area (Å²) in [4.78, 5) is 11.0. The number of rotatable bonds is 3. The molecule has 1 fully saturated rings. The van der Waals surface area contributed by atoms with E-state index >= 15 is 0 Å². The van der Waals surface area contributed by atoms with Gasteiger partial charge >= 0.3 is 0 Å². The predicted molar refractivity (Wildman–Crippen MR) is 108 cm³/mol. The molecular weight excluding hydrogens is 343 g/mol. The van der Waals surface area contributed by atoms with Gasteiger partial charge in [-0.2, -0.15) is 0 Å². The normalized spacial score (nSPS) is 11.0. The Labute approximate surface area is 164 Å². The Kier molecular flexibility index (Phi) is 16.6. The van der Waals surface area contributed by atoms with Gasteiger partial charge in [0.15, 0.2) is 0 Å². The highest BCUT2D eigenvalue weighted by Crippen LogP contribution is 2.12. The molecule has 7 nitrogen and oxygen atoms in total. The van der Waals surface area contributed by atoms with E-state index in [1.54, 1.807) is 38.6 Å². The van der Waals surface area contributed by atoms with Crippen LogP contribution in [-0.2, 0) is 11.3 Å². The minimum absolute atomic E-state index is 0. The summed E-state index contributed by atoms with van der Waals surface area (Å²) in [5, 5.41) is 0. The van der Waals surface area contributed by atoms with E-state index in [-0.39, 0.29) is 15.8 Å². The van der Waals surface area contributed by atoms with Crippen molar-refractivity contribution in [3.05, 3.63) is 53.6 Å². The molecule has 0 saturated carbocycles. The van der Waals surface area contributed by atoms with E-state index in [4.69, 9.17) is 26.5 Å². The molecule has 0 aromatic carbocycles. The minimum atomic E-state index is 0. The number of methoxy groups -OCH3 is 2. The van der Waals surface area contributed by atoms with Gasteiger partial charge in [-0.25, -0.2) is 14.8 Å². The number of ether oxygens (including phenoxy) is 3. The molecule has 145 valence electrons. The van der Waals surface area contributed by atoms with Crippen molar-refractivity contribution in [2.45, 2.75) is 26.8 Å². The fraction of sp³-hybridized carbons (Fsp3) is 0.421. The first-order valence-electron chi connectivity index (χ1n) is 7.87. The van der Waals surface area contributed by atoms with Crippen LogP contribution >= 0.6 is 0 Å². The van der Waals surface area contributed by atoms with Gasteiger partial charge in [0.05, 0.1) is 20.8 Å². The summed E-state index contributed by atoms with van der Waals surface area (Å²) in [5.41, 5.74) is 6.90. The van der Waals surface area contributed by atoms with Crippen LogP contribution in [0.5, 0.6) is 11.8 Å². The molecule has 3 heterocycles. The molecule has 3 radical (unpaired) electrons. The van der Waals surface area contributed by atoms with Gasteiger partial charge in [0.25, 0.3) is 0 Å². The number of nitrogens with two attached hydrogens (primary N) is 1. The summed E-state index contributed by atoms with van der Waals surface area (Å²) >= 11 is 0. The molecule has 2 N–H and O–H groups in total. The van der Waals surface area contributed by atoms with Crippen molar-refractivity contribution in [1.29, 1.82) is 0 Å². The number of aromatic nitrogens is 2. The number of hydrogen-bond acceptors (Lipinski definition) is 6. The molecule has 1 aliphatic heterocycles. The average Bonchev–Trinajstić information content (AvgIpc) is 3.29. The lowest BCUT2D eigenvalue weighted by molar-refractivity contribution is 0.198. The molecule has 2 aromatic heterocycles. The standard InChI is InChI=1S/C7H6N2O.C7H10N2O.C4H8O.CH4.B/c1-8-6-3-4-7(10-2)9-5-6;1-10-7-3-2-6(4-8)5-9-7;1-2-4-5-3-1;;/h3-5H,2H3;2-3,5H,4,8H2,1H3;1-4H2;1H4;. The van der Waals surface area contributed by atoms with Gasteiger partial charge < -0.3 is 19.9 Å². The van der Waals surface area contributed by atoms with Crippen LogP contribution in [-0.4, -0.2) is 45.8 Å².